The molecule has 0 atom stereocenters. The Kier molecular flexibility index (Phi) is 2.99. The number of carbonyl (C=O) groups excluding carboxylic acids is 1. The van der Waals surface area contributed by atoms with Gasteiger partial charge in [0.15, 0.2) is 5.78 Å². The summed E-state index contributed by atoms with van der Waals surface area (Å²) >= 11 is 0. The van der Waals surface area contributed by atoms with Crippen LogP contribution >= 0.6 is 0 Å². The molecule has 2 nitrogen and oxygen atoms in total. The number of ketones is 1. The van der Waals surface area contributed by atoms with Gasteiger partial charge in [-0.1, -0.05) is 18.2 Å². The lowest BCUT2D eigenvalue weighted by atomic mass is 10.1. The molecule has 1 aromatic carbocycles. The van der Waals surface area contributed by atoms with Crippen LogP contribution in [0.4, 0.5) is 0 Å². The number of rotatable bonds is 2. The summed E-state index contributed by atoms with van der Waals surface area (Å²) in [6.45, 7) is 1.49. The average molecular weight is 171 g/mol. The Labute approximate surface area is 77.1 Å². The molecule has 0 aliphatic rings. The maximum Gasteiger partial charge on any atom is 0.152 e. The van der Waals surface area contributed by atoms with Gasteiger partial charge in [-0.15, -0.1) is 0 Å². The van der Waals surface area contributed by atoms with E-state index < -0.39 is 0 Å². The molecular weight excluding hydrogens is 162 g/mol. The van der Waals surface area contributed by atoms with Gasteiger partial charge in [0, 0.05) is 0 Å². The van der Waals surface area contributed by atoms with Crippen molar-refractivity contribution in [2.75, 3.05) is 0 Å². The van der Waals surface area contributed by atoms with Gasteiger partial charge < -0.3 is 0 Å². The zero-order valence-electron chi connectivity index (χ0n) is 7.32. The van der Waals surface area contributed by atoms with Crippen LogP contribution in [-0.2, 0) is 4.79 Å². The normalized spacial score (nSPS) is 9.85. The van der Waals surface area contributed by atoms with Crippen molar-refractivity contribution in [2.45, 2.75) is 6.92 Å². The van der Waals surface area contributed by atoms with Crippen molar-refractivity contribution in [3.05, 3.63) is 41.5 Å². The molecule has 1 aromatic rings. The molecule has 1 rings (SSSR count). The highest BCUT2D eigenvalue weighted by atomic mass is 16.1. The first kappa shape index (κ1) is 9.21. The summed E-state index contributed by atoms with van der Waals surface area (Å²) in [7, 11) is 0. The Bertz CT molecular complexity index is 385. The second-order valence-corrected chi connectivity index (χ2v) is 2.68. The molecule has 0 aromatic heterocycles. The Hall–Kier alpha value is -1.88. The van der Waals surface area contributed by atoms with E-state index in [1.54, 1.807) is 24.3 Å². The standard InChI is InChI=1S/C11H9NO/c1-9(13)5-6-10-3-2-4-11(7-10)8-12/h2-7H,1H3/b6-5+. The van der Waals surface area contributed by atoms with E-state index in [2.05, 4.69) is 0 Å². The molecule has 0 saturated heterocycles. The first-order valence-corrected chi connectivity index (χ1v) is 3.91. The summed E-state index contributed by atoms with van der Waals surface area (Å²) in [6, 6.07) is 9.14. The van der Waals surface area contributed by atoms with Gasteiger partial charge >= 0.3 is 0 Å². The fourth-order valence-corrected chi connectivity index (χ4v) is 0.925. The molecule has 13 heavy (non-hydrogen) atoms. The van der Waals surface area contributed by atoms with Gasteiger partial charge in [0.1, 0.15) is 0 Å². The molecule has 0 radical (unpaired) electrons. The van der Waals surface area contributed by atoms with Crippen molar-refractivity contribution >= 4 is 11.9 Å². The molecule has 0 amide bonds. The van der Waals surface area contributed by atoms with Gasteiger partial charge in [0.25, 0.3) is 0 Å². The van der Waals surface area contributed by atoms with Gasteiger partial charge in [-0.2, -0.15) is 5.26 Å². The van der Waals surface area contributed by atoms with E-state index in [-0.39, 0.29) is 5.78 Å². The molecule has 0 saturated carbocycles. The molecule has 0 N–H and O–H groups in total. The van der Waals surface area contributed by atoms with Crippen LogP contribution in [0.3, 0.4) is 0 Å². The Morgan fingerprint density at radius 3 is 2.92 bits per heavy atom. The third-order valence-corrected chi connectivity index (χ3v) is 1.53. The fraction of sp³-hybridized carbons (Fsp3) is 0.0909. The van der Waals surface area contributed by atoms with Crippen LogP contribution in [0.5, 0.6) is 0 Å². The predicted molar refractivity (Wildman–Crippen MR) is 50.9 cm³/mol. The zero-order chi connectivity index (χ0) is 9.68. The van der Waals surface area contributed by atoms with Crippen molar-refractivity contribution < 1.29 is 4.79 Å². The molecular formula is C11H9NO. The number of nitriles is 1. The van der Waals surface area contributed by atoms with Gasteiger partial charge in [0.2, 0.25) is 0 Å². The van der Waals surface area contributed by atoms with Crippen LogP contribution < -0.4 is 0 Å². The quantitative estimate of drug-likeness (QED) is 0.640. The van der Waals surface area contributed by atoms with Crippen molar-refractivity contribution in [3.8, 4) is 6.07 Å². The second-order valence-electron chi connectivity index (χ2n) is 2.68. The highest BCUT2D eigenvalue weighted by Crippen LogP contribution is 2.05. The Morgan fingerprint density at radius 2 is 2.31 bits per heavy atom. The Balaban J connectivity index is 2.91. The molecule has 64 valence electrons. The SMILES string of the molecule is CC(=O)/C=C/c1cccc(C#N)c1. The van der Waals surface area contributed by atoms with E-state index >= 15 is 0 Å². The molecule has 0 unspecified atom stereocenters. The van der Waals surface area contributed by atoms with E-state index in [9.17, 15) is 4.79 Å². The van der Waals surface area contributed by atoms with E-state index in [1.807, 2.05) is 12.1 Å². The zero-order valence-corrected chi connectivity index (χ0v) is 7.32. The summed E-state index contributed by atoms with van der Waals surface area (Å²) in [5, 5.41) is 8.60. The lowest BCUT2D eigenvalue weighted by Crippen LogP contribution is -1.81. The van der Waals surface area contributed by atoms with Crippen LogP contribution in [0.2, 0.25) is 0 Å². The van der Waals surface area contributed by atoms with Crippen molar-refractivity contribution in [2.24, 2.45) is 0 Å². The molecule has 0 spiro atoms. The maximum absolute atomic E-state index is 10.6. The number of carbonyl (C=O) groups is 1. The lowest BCUT2D eigenvalue weighted by Gasteiger charge is -1.92. The van der Waals surface area contributed by atoms with Crippen LogP contribution in [0.25, 0.3) is 6.08 Å². The van der Waals surface area contributed by atoms with E-state index in [0.717, 1.165) is 5.56 Å². The number of benzene rings is 1. The van der Waals surface area contributed by atoms with Gasteiger partial charge in [-0.3, -0.25) is 4.79 Å². The van der Waals surface area contributed by atoms with Crippen LogP contribution in [0.1, 0.15) is 18.1 Å². The highest BCUT2D eigenvalue weighted by molar-refractivity contribution is 5.91. The van der Waals surface area contributed by atoms with Crippen LogP contribution in [0, 0.1) is 11.3 Å². The maximum atomic E-state index is 10.6. The monoisotopic (exact) mass is 171 g/mol. The van der Waals surface area contributed by atoms with Gasteiger partial charge in [-0.25, -0.2) is 0 Å². The molecule has 0 aliphatic carbocycles. The van der Waals surface area contributed by atoms with Crippen LogP contribution in [-0.4, -0.2) is 5.78 Å². The summed E-state index contributed by atoms with van der Waals surface area (Å²) in [5.41, 5.74) is 1.47. The number of hydrogen-bond acceptors (Lipinski definition) is 2. The minimum absolute atomic E-state index is 0.00219. The number of nitrogens with zero attached hydrogens (tertiary/aromatic N) is 1. The molecule has 0 fully saturated rings. The van der Waals surface area contributed by atoms with Gasteiger partial charge in [-0.05, 0) is 30.7 Å². The van der Waals surface area contributed by atoms with Crippen LogP contribution in [0.15, 0.2) is 30.3 Å². The minimum Gasteiger partial charge on any atom is -0.295 e. The first-order valence-electron chi connectivity index (χ1n) is 3.91. The Morgan fingerprint density at radius 1 is 1.54 bits per heavy atom. The van der Waals surface area contributed by atoms with Crippen molar-refractivity contribution in [1.29, 1.82) is 5.26 Å². The second kappa shape index (κ2) is 4.22. The summed E-state index contributed by atoms with van der Waals surface area (Å²) in [5.74, 6) is 0.00219. The summed E-state index contributed by atoms with van der Waals surface area (Å²) < 4.78 is 0. The highest BCUT2D eigenvalue weighted by Gasteiger charge is 1.90. The predicted octanol–water partition coefficient (Wildman–Crippen LogP) is 2.16. The van der Waals surface area contributed by atoms with E-state index in [0.29, 0.717) is 5.56 Å². The third-order valence-electron chi connectivity index (χ3n) is 1.53. The number of allylic oxidation sites excluding steroid dienone is 1. The third kappa shape index (κ3) is 2.92. The van der Waals surface area contributed by atoms with Crippen molar-refractivity contribution in [1.82, 2.24) is 0 Å². The van der Waals surface area contributed by atoms with Crippen molar-refractivity contribution in [3.63, 3.8) is 0 Å². The smallest absolute Gasteiger partial charge is 0.152 e. The van der Waals surface area contributed by atoms with E-state index in [4.69, 9.17) is 5.26 Å². The number of hydrogen-bond donors (Lipinski definition) is 0. The first-order chi connectivity index (χ1) is 6.22. The summed E-state index contributed by atoms with van der Waals surface area (Å²) in [6.07, 6.45) is 3.18. The van der Waals surface area contributed by atoms with E-state index in [1.165, 1.54) is 13.0 Å². The fourth-order valence-electron chi connectivity index (χ4n) is 0.925. The molecule has 2 heteroatoms. The average Bonchev–Trinajstić information content (AvgIpc) is 2.15. The molecule has 0 heterocycles. The topological polar surface area (TPSA) is 40.9 Å². The lowest BCUT2D eigenvalue weighted by molar-refractivity contribution is -0.112. The largest absolute Gasteiger partial charge is 0.295 e. The molecule has 0 aliphatic heterocycles. The van der Waals surface area contributed by atoms with Gasteiger partial charge in [0.05, 0.1) is 11.6 Å². The molecule has 0 bridgehead atoms. The summed E-state index contributed by atoms with van der Waals surface area (Å²) in [4.78, 5) is 10.6. The minimum atomic E-state index is 0.00219.